The quantitative estimate of drug-likeness (QED) is 0.822. The highest BCUT2D eigenvalue weighted by atomic mass is 35.5. The van der Waals surface area contributed by atoms with E-state index in [1.807, 2.05) is 6.07 Å². The Morgan fingerprint density at radius 1 is 0.900 bits per heavy atom. The summed E-state index contributed by atoms with van der Waals surface area (Å²) in [7, 11) is 0. The van der Waals surface area contributed by atoms with Crippen LogP contribution >= 0.6 is 12.4 Å². The second-order valence-corrected chi connectivity index (χ2v) is 6.08. The zero-order chi connectivity index (χ0) is 13.0. The van der Waals surface area contributed by atoms with Crippen molar-refractivity contribution in [3.63, 3.8) is 0 Å². The van der Waals surface area contributed by atoms with Gasteiger partial charge in [-0.05, 0) is 50.9 Å². The average molecular weight is 296 g/mol. The van der Waals surface area contributed by atoms with E-state index in [4.69, 9.17) is 4.74 Å². The molecule has 1 aliphatic heterocycles. The van der Waals surface area contributed by atoms with Crippen molar-refractivity contribution in [1.29, 1.82) is 0 Å². The number of hydrogen-bond donors (Lipinski definition) is 0. The lowest BCUT2D eigenvalue weighted by Gasteiger charge is -2.43. The molecule has 1 aromatic carbocycles. The van der Waals surface area contributed by atoms with Crippen LogP contribution in [0.1, 0.15) is 44.9 Å². The summed E-state index contributed by atoms with van der Waals surface area (Å²) in [5, 5.41) is 0. The zero-order valence-corrected chi connectivity index (χ0v) is 13.0. The number of likely N-dealkylation sites (tertiary alicyclic amines) is 1. The number of hydrogen-bond acceptors (Lipinski definition) is 2. The third-order valence-electron chi connectivity index (χ3n) is 4.81. The molecule has 1 aromatic rings. The highest BCUT2D eigenvalue weighted by Gasteiger charge is 2.40. The molecule has 2 nitrogen and oxygen atoms in total. The molecule has 20 heavy (non-hydrogen) atoms. The molecule has 0 aromatic heterocycles. The molecule has 0 radical (unpaired) electrons. The molecule has 0 bridgehead atoms. The average Bonchev–Trinajstić information content (AvgIpc) is 2.97. The Kier molecular flexibility index (Phi) is 5.74. The number of piperidine rings is 1. The maximum atomic E-state index is 6.10. The van der Waals surface area contributed by atoms with Crippen LogP contribution in [0.2, 0.25) is 0 Å². The van der Waals surface area contributed by atoms with E-state index in [0.29, 0.717) is 5.54 Å². The Labute approximate surface area is 128 Å². The van der Waals surface area contributed by atoms with Crippen molar-refractivity contribution < 1.29 is 4.74 Å². The predicted molar refractivity (Wildman–Crippen MR) is 85.8 cm³/mol. The van der Waals surface area contributed by atoms with Gasteiger partial charge in [0.1, 0.15) is 12.4 Å². The van der Waals surface area contributed by atoms with Crippen LogP contribution in [0.25, 0.3) is 0 Å². The van der Waals surface area contributed by atoms with Crippen molar-refractivity contribution in [1.82, 2.24) is 4.90 Å². The Hall–Kier alpha value is -0.730. The summed E-state index contributed by atoms with van der Waals surface area (Å²) in [4.78, 5) is 2.73. The van der Waals surface area contributed by atoms with Gasteiger partial charge in [-0.2, -0.15) is 0 Å². The largest absolute Gasteiger partial charge is 0.492 e. The maximum absolute atomic E-state index is 6.10. The minimum absolute atomic E-state index is 0. The van der Waals surface area contributed by atoms with Gasteiger partial charge >= 0.3 is 0 Å². The van der Waals surface area contributed by atoms with E-state index < -0.39 is 0 Å². The fraction of sp³-hybridized carbons (Fsp3) is 0.647. The minimum Gasteiger partial charge on any atom is -0.492 e. The van der Waals surface area contributed by atoms with Gasteiger partial charge in [0, 0.05) is 0 Å². The lowest BCUT2D eigenvalue weighted by molar-refractivity contribution is 0.0289. The number of nitrogens with zero attached hydrogens (tertiary/aromatic N) is 1. The van der Waals surface area contributed by atoms with Crippen molar-refractivity contribution in [2.45, 2.75) is 50.5 Å². The van der Waals surface area contributed by atoms with Gasteiger partial charge in [-0.25, -0.2) is 0 Å². The minimum atomic E-state index is 0. The van der Waals surface area contributed by atoms with Gasteiger partial charge in [-0.15, -0.1) is 12.4 Å². The van der Waals surface area contributed by atoms with Crippen molar-refractivity contribution in [3.8, 4) is 5.75 Å². The van der Waals surface area contributed by atoms with Gasteiger partial charge in [0.05, 0.1) is 5.54 Å². The summed E-state index contributed by atoms with van der Waals surface area (Å²) in [6.45, 7) is 3.42. The van der Waals surface area contributed by atoms with Crippen LogP contribution in [0.15, 0.2) is 30.3 Å². The normalized spacial score (nSPS) is 22.2. The van der Waals surface area contributed by atoms with Gasteiger partial charge < -0.3 is 4.74 Å². The zero-order valence-electron chi connectivity index (χ0n) is 12.2. The number of ether oxygens (including phenoxy) is 1. The number of benzene rings is 1. The Bertz CT molecular complexity index is 383. The topological polar surface area (TPSA) is 12.5 Å². The first-order chi connectivity index (χ1) is 9.39. The van der Waals surface area contributed by atoms with Gasteiger partial charge in [-0.1, -0.05) is 37.5 Å². The third-order valence-corrected chi connectivity index (χ3v) is 4.81. The number of para-hydroxylation sites is 1. The molecule has 0 atom stereocenters. The second-order valence-electron chi connectivity index (χ2n) is 6.08. The summed E-state index contributed by atoms with van der Waals surface area (Å²) in [6.07, 6.45) is 9.52. The molecule has 0 N–H and O–H groups in total. The van der Waals surface area contributed by atoms with Gasteiger partial charge in [0.15, 0.2) is 0 Å². The predicted octanol–water partition coefficient (Wildman–Crippen LogP) is 4.29. The van der Waals surface area contributed by atoms with E-state index in [-0.39, 0.29) is 12.4 Å². The van der Waals surface area contributed by atoms with Crippen molar-refractivity contribution in [3.05, 3.63) is 30.3 Å². The number of halogens is 1. The lowest BCUT2D eigenvalue weighted by Crippen LogP contribution is -2.52. The van der Waals surface area contributed by atoms with Gasteiger partial charge in [-0.3, -0.25) is 4.90 Å². The summed E-state index contributed by atoms with van der Waals surface area (Å²) < 4.78 is 6.10. The van der Waals surface area contributed by atoms with Crippen LogP contribution in [0.5, 0.6) is 5.75 Å². The Morgan fingerprint density at radius 3 is 2.20 bits per heavy atom. The van der Waals surface area contributed by atoms with Gasteiger partial charge in [0.2, 0.25) is 0 Å². The summed E-state index contributed by atoms with van der Waals surface area (Å²) in [6, 6.07) is 10.3. The Morgan fingerprint density at radius 2 is 1.55 bits per heavy atom. The van der Waals surface area contributed by atoms with E-state index in [1.165, 1.54) is 58.0 Å². The SMILES string of the molecule is Cl.c1ccc(OCC2(N3CCCCC3)CCCC2)cc1. The monoisotopic (exact) mass is 295 g/mol. The molecule has 1 aliphatic carbocycles. The molecule has 1 heterocycles. The van der Waals surface area contributed by atoms with Crippen LogP contribution in [-0.2, 0) is 0 Å². The highest BCUT2D eigenvalue weighted by molar-refractivity contribution is 5.85. The molecule has 2 fully saturated rings. The standard InChI is InChI=1S/C17H25NO.ClH/c1-3-9-16(10-4-1)19-15-17(11-5-6-12-17)18-13-7-2-8-14-18;/h1,3-4,9-10H,2,5-8,11-15H2;1H. The van der Waals surface area contributed by atoms with Crippen LogP contribution < -0.4 is 4.74 Å². The van der Waals surface area contributed by atoms with E-state index in [0.717, 1.165) is 12.4 Å². The van der Waals surface area contributed by atoms with E-state index in [2.05, 4.69) is 29.2 Å². The summed E-state index contributed by atoms with van der Waals surface area (Å²) >= 11 is 0. The second kappa shape index (κ2) is 7.33. The fourth-order valence-electron chi connectivity index (χ4n) is 3.69. The molecule has 3 rings (SSSR count). The van der Waals surface area contributed by atoms with Crippen molar-refractivity contribution in [2.24, 2.45) is 0 Å². The molecule has 1 saturated heterocycles. The summed E-state index contributed by atoms with van der Waals surface area (Å²) in [5.41, 5.74) is 0.330. The maximum Gasteiger partial charge on any atom is 0.119 e. The van der Waals surface area contributed by atoms with Crippen molar-refractivity contribution in [2.75, 3.05) is 19.7 Å². The molecule has 3 heteroatoms. The highest BCUT2D eigenvalue weighted by Crippen LogP contribution is 2.37. The first-order valence-corrected chi connectivity index (χ1v) is 7.82. The molecule has 2 aliphatic rings. The third kappa shape index (κ3) is 3.48. The summed E-state index contributed by atoms with van der Waals surface area (Å²) in [5.74, 6) is 1.02. The molecule has 0 spiro atoms. The fourth-order valence-corrected chi connectivity index (χ4v) is 3.69. The van der Waals surface area contributed by atoms with E-state index >= 15 is 0 Å². The lowest BCUT2D eigenvalue weighted by atomic mass is 9.93. The smallest absolute Gasteiger partial charge is 0.119 e. The first-order valence-electron chi connectivity index (χ1n) is 7.82. The van der Waals surface area contributed by atoms with Crippen molar-refractivity contribution >= 4 is 12.4 Å². The molecular weight excluding hydrogens is 270 g/mol. The van der Waals surface area contributed by atoms with Crippen LogP contribution in [0.3, 0.4) is 0 Å². The molecule has 1 saturated carbocycles. The molecule has 0 unspecified atom stereocenters. The number of rotatable bonds is 4. The van der Waals surface area contributed by atoms with Crippen LogP contribution in [0.4, 0.5) is 0 Å². The first kappa shape index (κ1) is 15.7. The van der Waals surface area contributed by atoms with E-state index in [1.54, 1.807) is 0 Å². The molecule has 112 valence electrons. The molecular formula is C17H26ClNO. The van der Waals surface area contributed by atoms with Gasteiger partial charge in [0.25, 0.3) is 0 Å². The van der Waals surface area contributed by atoms with E-state index in [9.17, 15) is 0 Å². The van der Waals surface area contributed by atoms with Crippen LogP contribution in [-0.4, -0.2) is 30.1 Å². The Balaban J connectivity index is 0.00000147. The molecule has 0 amide bonds. The van der Waals surface area contributed by atoms with Crippen LogP contribution in [0, 0.1) is 0 Å².